The summed E-state index contributed by atoms with van der Waals surface area (Å²) in [4.78, 5) is 18.1. The van der Waals surface area contributed by atoms with Crippen LogP contribution in [0.15, 0.2) is 36.7 Å². The summed E-state index contributed by atoms with van der Waals surface area (Å²) in [7, 11) is 0. The van der Waals surface area contributed by atoms with E-state index < -0.39 is 11.6 Å². The summed E-state index contributed by atoms with van der Waals surface area (Å²) in [6, 6.07) is 4.90. The minimum absolute atomic E-state index is 0.167. The maximum Gasteiger partial charge on any atom is 0.255 e. The minimum atomic E-state index is -0.683. The average molecular weight is 304 g/mol. The molecule has 0 saturated carbocycles. The van der Waals surface area contributed by atoms with Gasteiger partial charge in [-0.1, -0.05) is 0 Å². The summed E-state index contributed by atoms with van der Waals surface area (Å²) in [6.07, 6.45) is 2.90. The molecule has 0 bridgehead atoms. The molecule has 3 rings (SSSR count). The molecule has 0 N–H and O–H groups in total. The molecule has 0 aliphatic carbocycles. The van der Waals surface area contributed by atoms with Gasteiger partial charge in [0.15, 0.2) is 0 Å². The lowest BCUT2D eigenvalue weighted by atomic mass is 10.0. The van der Waals surface area contributed by atoms with E-state index in [2.05, 4.69) is 4.98 Å². The van der Waals surface area contributed by atoms with E-state index in [-0.39, 0.29) is 11.5 Å². The normalized spacial score (nSPS) is 14.9. The number of nitrogens with zero attached hydrogens (tertiary/aromatic N) is 2. The zero-order valence-corrected chi connectivity index (χ0v) is 11.8. The second-order valence-corrected chi connectivity index (χ2v) is 4.99. The lowest BCUT2D eigenvalue weighted by molar-refractivity contribution is 0.0302. The van der Waals surface area contributed by atoms with Crippen LogP contribution in [0, 0.1) is 11.6 Å². The fourth-order valence-electron chi connectivity index (χ4n) is 2.38. The summed E-state index contributed by atoms with van der Waals surface area (Å²) in [5.41, 5.74) is 1.03. The molecule has 0 radical (unpaired) electrons. The molecule has 1 amide bonds. The topological polar surface area (TPSA) is 42.4 Å². The van der Waals surface area contributed by atoms with E-state index in [0.29, 0.717) is 37.4 Å². The molecule has 1 aliphatic rings. The van der Waals surface area contributed by atoms with E-state index in [9.17, 15) is 13.6 Å². The molecule has 22 heavy (non-hydrogen) atoms. The first-order valence-electron chi connectivity index (χ1n) is 6.92. The molecule has 4 nitrogen and oxygen atoms in total. The third-order valence-electron chi connectivity index (χ3n) is 3.53. The van der Waals surface area contributed by atoms with Crippen molar-refractivity contribution >= 4 is 5.91 Å². The Bertz CT molecular complexity index is 700. The number of amides is 1. The van der Waals surface area contributed by atoms with E-state index >= 15 is 0 Å². The smallest absolute Gasteiger partial charge is 0.255 e. The molecule has 6 heteroatoms. The quantitative estimate of drug-likeness (QED) is 0.856. The fraction of sp³-hybridized carbons (Fsp3) is 0.250. The van der Waals surface area contributed by atoms with Gasteiger partial charge in [0.25, 0.3) is 5.91 Å². The van der Waals surface area contributed by atoms with Crippen molar-refractivity contribution in [1.82, 2.24) is 9.88 Å². The Balaban J connectivity index is 1.90. The first-order chi connectivity index (χ1) is 10.6. The second-order valence-electron chi connectivity index (χ2n) is 4.99. The van der Waals surface area contributed by atoms with E-state index in [0.717, 1.165) is 6.07 Å². The van der Waals surface area contributed by atoms with Crippen LogP contribution in [0.25, 0.3) is 11.1 Å². The highest BCUT2D eigenvalue weighted by atomic mass is 19.1. The van der Waals surface area contributed by atoms with Gasteiger partial charge in [0, 0.05) is 42.7 Å². The number of halogens is 2. The first kappa shape index (κ1) is 14.6. The van der Waals surface area contributed by atoms with Gasteiger partial charge in [-0.2, -0.15) is 0 Å². The molecule has 0 atom stereocenters. The van der Waals surface area contributed by atoms with Crippen LogP contribution in [0.1, 0.15) is 10.4 Å². The summed E-state index contributed by atoms with van der Waals surface area (Å²) in [6.45, 7) is 2.05. The second kappa shape index (κ2) is 6.19. The molecule has 2 heterocycles. The summed E-state index contributed by atoms with van der Waals surface area (Å²) < 4.78 is 32.0. The average Bonchev–Trinajstić information content (AvgIpc) is 2.55. The molecule has 114 valence electrons. The van der Waals surface area contributed by atoms with Gasteiger partial charge in [-0.05, 0) is 18.2 Å². The Morgan fingerprint density at radius 2 is 1.91 bits per heavy atom. The number of pyridine rings is 1. The number of ether oxygens (including phenoxy) is 1. The van der Waals surface area contributed by atoms with Crippen LogP contribution in [-0.4, -0.2) is 42.1 Å². The predicted molar refractivity (Wildman–Crippen MR) is 76.3 cm³/mol. The molecule has 0 spiro atoms. The van der Waals surface area contributed by atoms with Crippen LogP contribution in [0.3, 0.4) is 0 Å². The SMILES string of the molecule is O=C(c1cncc(-c2ccc(F)cc2F)c1)N1CCOCC1. The van der Waals surface area contributed by atoms with Crippen molar-refractivity contribution in [1.29, 1.82) is 0 Å². The number of rotatable bonds is 2. The summed E-state index contributed by atoms with van der Waals surface area (Å²) >= 11 is 0. The minimum Gasteiger partial charge on any atom is -0.378 e. The van der Waals surface area contributed by atoms with Gasteiger partial charge in [0.1, 0.15) is 11.6 Å². The van der Waals surface area contributed by atoms with Crippen molar-refractivity contribution in [2.45, 2.75) is 0 Å². The number of carbonyl (C=O) groups is 1. The number of aromatic nitrogens is 1. The van der Waals surface area contributed by atoms with Gasteiger partial charge in [0.05, 0.1) is 18.8 Å². The Morgan fingerprint density at radius 1 is 1.14 bits per heavy atom. The molecule has 1 saturated heterocycles. The van der Waals surface area contributed by atoms with Gasteiger partial charge in [0.2, 0.25) is 0 Å². The van der Waals surface area contributed by atoms with Crippen LogP contribution < -0.4 is 0 Å². The van der Waals surface area contributed by atoms with E-state index in [1.807, 2.05) is 0 Å². The molecule has 1 aromatic carbocycles. The summed E-state index contributed by atoms with van der Waals surface area (Å²) in [5.74, 6) is -1.49. The third-order valence-corrected chi connectivity index (χ3v) is 3.53. The molecule has 1 aromatic heterocycles. The molecule has 0 unspecified atom stereocenters. The van der Waals surface area contributed by atoms with Gasteiger partial charge in [-0.3, -0.25) is 9.78 Å². The molecule has 2 aromatic rings. The number of carbonyl (C=O) groups excluding carboxylic acids is 1. The standard InChI is InChI=1S/C16H14F2N2O2/c17-13-1-2-14(15(18)8-13)11-7-12(10-19-9-11)16(21)20-3-5-22-6-4-20/h1-2,7-10H,3-6H2. The summed E-state index contributed by atoms with van der Waals surface area (Å²) in [5, 5.41) is 0. The van der Waals surface area contributed by atoms with E-state index in [1.54, 1.807) is 11.0 Å². The lowest BCUT2D eigenvalue weighted by Gasteiger charge is -2.26. The Labute approximate surface area is 126 Å². The van der Waals surface area contributed by atoms with E-state index in [4.69, 9.17) is 4.74 Å². The van der Waals surface area contributed by atoms with E-state index in [1.165, 1.54) is 24.5 Å². The number of hydrogen-bond donors (Lipinski definition) is 0. The van der Waals surface area contributed by atoms with Crippen molar-refractivity contribution in [3.63, 3.8) is 0 Å². The van der Waals surface area contributed by atoms with Crippen LogP contribution in [0.2, 0.25) is 0 Å². The van der Waals surface area contributed by atoms with Crippen LogP contribution in [-0.2, 0) is 4.74 Å². The molecular formula is C16H14F2N2O2. The highest BCUT2D eigenvalue weighted by molar-refractivity contribution is 5.95. The zero-order valence-electron chi connectivity index (χ0n) is 11.8. The van der Waals surface area contributed by atoms with Gasteiger partial charge in [-0.25, -0.2) is 8.78 Å². The Hall–Kier alpha value is -2.34. The van der Waals surface area contributed by atoms with Gasteiger partial charge < -0.3 is 9.64 Å². The molecule has 1 fully saturated rings. The number of hydrogen-bond acceptors (Lipinski definition) is 3. The van der Waals surface area contributed by atoms with Crippen LogP contribution in [0.4, 0.5) is 8.78 Å². The third kappa shape index (κ3) is 2.96. The Morgan fingerprint density at radius 3 is 2.64 bits per heavy atom. The van der Waals surface area contributed by atoms with Crippen LogP contribution in [0.5, 0.6) is 0 Å². The Kier molecular flexibility index (Phi) is 4.11. The van der Waals surface area contributed by atoms with Crippen molar-refractivity contribution in [3.8, 4) is 11.1 Å². The van der Waals surface area contributed by atoms with Crippen molar-refractivity contribution in [2.75, 3.05) is 26.3 Å². The molecular weight excluding hydrogens is 290 g/mol. The fourth-order valence-corrected chi connectivity index (χ4v) is 2.38. The predicted octanol–water partition coefficient (Wildman–Crippen LogP) is 2.50. The monoisotopic (exact) mass is 304 g/mol. The number of benzene rings is 1. The van der Waals surface area contributed by atoms with Crippen molar-refractivity contribution in [2.24, 2.45) is 0 Å². The van der Waals surface area contributed by atoms with Crippen molar-refractivity contribution in [3.05, 3.63) is 53.9 Å². The highest BCUT2D eigenvalue weighted by Gasteiger charge is 2.19. The number of morpholine rings is 1. The highest BCUT2D eigenvalue weighted by Crippen LogP contribution is 2.24. The molecule has 1 aliphatic heterocycles. The first-order valence-corrected chi connectivity index (χ1v) is 6.92. The lowest BCUT2D eigenvalue weighted by Crippen LogP contribution is -2.40. The largest absolute Gasteiger partial charge is 0.378 e. The van der Waals surface area contributed by atoms with Gasteiger partial charge in [-0.15, -0.1) is 0 Å². The van der Waals surface area contributed by atoms with Crippen molar-refractivity contribution < 1.29 is 18.3 Å². The maximum absolute atomic E-state index is 13.8. The van der Waals surface area contributed by atoms with Gasteiger partial charge >= 0.3 is 0 Å². The maximum atomic E-state index is 13.8. The van der Waals surface area contributed by atoms with Crippen LogP contribution >= 0.6 is 0 Å². The zero-order chi connectivity index (χ0) is 15.5.